The molecule has 0 amide bonds. The maximum Gasteiger partial charge on any atom is 0.332 e. The van der Waals surface area contributed by atoms with Crippen LogP contribution < -0.4 is 16.0 Å². The van der Waals surface area contributed by atoms with Crippen LogP contribution in [0.1, 0.15) is 25.2 Å². The van der Waals surface area contributed by atoms with E-state index in [-0.39, 0.29) is 11.7 Å². The summed E-state index contributed by atoms with van der Waals surface area (Å²) < 4.78 is 12.0. The summed E-state index contributed by atoms with van der Waals surface area (Å²) in [6.07, 6.45) is 0.100. The van der Waals surface area contributed by atoms with Gasteiger partial charge < -0.3 is 4.74 Å². The third-order valence-electron chi connectivity index (χ3n) is 5.10. The molecular formula is C20H23N5O3. The van der Waals surface area contributed by atoms with Crippen molar-refractivity contribution in [3.05, 3.63) is 56.5 Å². The number of aromatic nitrogens is 5. The highest BCUT2D eigenvalue weighted by atomic mass is 16.5. The molecule has 0 aliphatic heterocycles. The summed E-state index contributed by atoms with van der Waals surface area (Å²) in [6.45, 7) is 7.90. The Morgan fingerprint density at radius 2 is 1.61 bits per heavy atom. The predicted molar refractivity (Wildman–Crippen MR) is 108 cm³/mol. The third kappa shape index (κ3) is 2.41. The van der Waals surface area contributed by atoms with Gasteiger partial charge in [-0.1, -0.05) is 0 Å². The van der Waals surface area contributed by atoms with E-state index in [0.29, 0.717) is 16.9 Å². The zero-order valence-corrected chi connectivity index (χ0v) is 16.8. The molecule has 0 spiro atoms. The number of aryl methyl sites for hydroxylation is 2. The van der Waals surface area contributed by atoms with Crippen molar-refractivity contribution in [1.82, 2.24) is 23.1 Å². The molecule has 0 unspecified atom stereocenters. The van der Waals surface area contributed by atoms with Gasteiger partial charge in [-0.25, -0.2) is 4.79 Å². The van der Waals surface area contributed by atoms with Gasteiger partial charge in [-0.15, -0.1) is 0 Å². The minimum atomic E-state index is -0.394. The summed E-state index contributed by atoms with van der Waals surface area (Å²) in [5.41, 5.74) is 2.80. The van der Waals surface area contributed by atoms with Gasteiger partial charge in [-0.2, -0.15) is 4.98 Å². The molecule has 3 aromatic heterocycles. The van der Waals surface area contributed by atoms with E-state index in [1.165, 1.54) is 11.6 Å². The molecule has 0 radical (unpaired) electrons. The Morgan fingerprint density at radius 1 is 0.964 bits per heavy atom. The topological polar surface area (TPSA) is 75.5 Å². The minimum absolute atomic E-state index is 0.100. The summed E-state index contributed by atoms with van der Waals surface area (Å²) >= 11 is 0. The molecule has 8 heteroatoms. The van der Waals surface area contributed by atoms with Crippen LogP contribution in [0.15, 0.2) is 33.9 Å². The second-order valence-electron chi connectivity index (χ2n) is 7.29. The Bertz CT molecular complexity index is 1330. The maximum absolute atomic E-state index is 12.8. The van der Waals surface area contributed by atoms with E-state index < -0.39 is 5.69 Å². The van der Waals surface area contributed by atoms with Gasteiger partial charge in [-0.3, -0.25) is 22.9 Å². The Kier molecular flexibility index (Phi) is 3.95. The zero-order chi connectivity index (χ0) is 20.3. The van der Waals surface area contributed by atoms with Crippen LogP contribution in [0.4, 0.5) is 0 Å². The van der Waals surface area contributed by atoms with Crippen LogP contribution in [0.3, 0.4) is 0 Å². The van der Waals surface area contributed by atoms with E-state index in [1.54, 1.807) is 7.05 Å². The van der Waals surface area contributed by atoms with Gasteiger partial charge in [0.1, 0.15) is 5.75 Å². The van der Waals surface area contributed by atoms with E-state index in [2.05, 4.69) is 4.98 Å². The van der Waals surface area contributed by atoms with Crippen LogP contribution in [0, 0.1) is 13.8 Å². The molecule has 0 saturated carbocycles. The van der Waals surface area contributed by atoms with Crippen LogP contribution in [-0.2, 0) is 14.1 Å². The van der Waals surface area contributed by atoms with Gasteiger partial charge in [0, 0.05) is 31.2 Å². The summed E-state index contributed by atoms with van der Waals surface area (Å²) in [7, 11) is 3.11. The van der Waals surface area contributed by atoms with Crippen molar-refractivity contribution in [2.75, 3.05) is 0 Å². The highest BCUT2D eigenvalue weighted by Gasteiger charge is 2.22. The number of hydrogen-bond donors (Lipinski definition) is 0. The quantitative estimate of drug-likeness (QED) is 0.545. The highest BCUT2D eigenvalue weighted by molar-refractivity contribution is 5.77. The Balaban J connectivity index is 2.04. The Morgan fingerprint density at radius 3 is 2.21 bits per heavy atom. The van der Waals surface area contributed by atoms with Crippen molar-refractivity contribution in [3.8, 4) is 11.4 Å². The largest absolute Gasteiger partial charge is 0.491 e. The first-order valence-corrected chi connectivity index (χ1v) is 9.15. The molecule has 146 valence electrons. The van der Waals surface area contributed by atoms with Crippen LogP contribution in [-0.4, -0.2) is 29.2 Å². The van der Waals surface area contributed by atoms with E-state index in [1.807, 2.05) is 60.9 Å². The summed E-state index contributed by atoms with van der Waals surface area (Å²) in [4.78, 5) is 29.7. The SMILES string of the molecule is Cc1c(C)n2c3c(=O)n(C)c(=O)n(C)c3nc2n1-c1ccc(OC(C)C)cc1. The molecule has 0 fully saturated rings. The van der Waals surface area contributed by atoms with Crippen LogP contribution >= 0.6 is 0 Å². The normalized spacial score (nSPS) is 11.8. The van der Waals surface area contributed by atoms with Crippen molar-refractivity contribution < 1.29 is 4.74 Å². The number of hydrogen-bond acceptors (Lipinski definition) is 4. The lowest BCUT2D eigenvalue weighted by Gasteiger charge is -2.11. The van der Waals surface area contributed by atoms with Gasteiger partial charge in [0.15, 0.2) is 11.2 Å². The predicted octanol–water partition coefficient (Wildman–Crippen LogP) is 2.08. The smallest absolute Gasteiger partial charge is 0.332 e. The molecule has 4 aromatic rings. The van der Waals surface area contributed by atoms with Gasteiger partial charge in [0.25, 0.3) is 5.56 Å². The van der Waals surface area contributed by atoms with E-state index in [9.17, 15) is 9.59 Å². The number of ether oxygens (including phenoxy) is 1. The number of rotatable bonds is 3. The number of imidazole rings is 2. The first-order valence-electron chi connectivity index (χ1n) is 9.15. The van der Waals surface area contributed by atoms with Crippen molar-refractivity contribution in [2.24, 2.45) is 14.1 Å². The van der Waals surface area contributed by atoms with Crippen LogP contribution in [0.5, 0.6) is 5.75 Å². The van der Waals surface area contributed by atoms with Gasteiger partial charge in [0.2, 0.25) is 5.78 Å². The molecule has 0 N–H and O–H groups in total. The highest BCUT2D eigenvalue weighted by Crippen LogP contribution is 2.25. The molecule has 4 rings (SSSR count). The lowest BCUT2D eigenvalue weighted by Crippen LogP contribution is -2.37. The Hall–Kier alpha value is -3.29. The van der Waals surface area contributed by atoms with Crippen LogP contribution in [0.25, 0.3) is 22.6 Å². The first kappa shape index (κ1) is 18.1. The second kappa shape index (κ2) is 6.12. The molecular weight excluding hydrogens is 358 g/mol. The minimum Gasteiger partial charge on any atom is -0.491 e. The monoisotopic (exact) mass is 381 g/mol. The second-order valence-corrected chi connectivity index (χ2v) is 7.29. The average Bonchev–Trinajstić information content (AvgIpc) is 3.15. The van der Waals surface area contributed by atoms with Crippen molar-refractivity contribution in [1.29, 1.82) is 0 Å². The summed E-state index contributed by atoms with van der Waals surface area (Å²) in [6, 6.07) is 7.75. The number of benzene rings is 1. The van der Waals surface area contributed by atoms with Crippen molar-refractivity contribution >= 4 is 16.9 Å². The summed E-state index contributed by atoms with van der Waals surface area (Å²) in [5, 5.41) is 0. The fourth-order valence-electron chi connectivity index (χ4n) is 3.58. The Labute approximate surface area is 161 Å². The fourth-order valence-corrected chi connectivity index (χ4v) is 3.58. The molecule has 0 atom stereocenters. The number of nitrogens with zero attached hydrogens (tertiary/aromatic N) is 5. The third-order valence-corrected chi connectivity index (χ3v) is 5.10. The summed E-state index contributed by atoms with van der Waals surface area (Å²) in [5.74, 6) is 1.39. The molecule has 0 aliphatic rings. The molecule has 0 bridgehead atoms. The van der Waals surface area contributed by atoms with Gasteiger partial charge in [-0.05, 0) is 52.0 Å². The van der Waals surface area contributed by atoms with Gasteiger partial charge in [0.05, 0.1) is 6.10 Å². The lowest BCUT2D eigenvalue weighted by molar-refractivity contribution is 0.242. The van der Waals surface area contributed by atoms with E-state index in [4.69, 9.17) is 4.74 Å². The first-order chi connectivity index (χ1) is 13.2. The van der Waals surface area contributed by atoms with E-state index in [0.717, 1.165) is 27.4 Å². The van der Waals surface area contributed by atoms with Gasteiger partial charge >= 0.3 is 5.69 Å². The fraction of sp³-hybridized carbons (Fsp3) is 0.350. The van der Waals surface area contributed by atoms with Crippen molar-refractivity contribution in [2.45, 2.75) is 33.8 Å². The average molecular weight is 381 g/mol. The maximum atomic E-state index is 12.8. The molecule has 0 saturated heterocycles. The number of fused-ring (bicyclic) bond motifs is 3. The molecule has 0 aliphatic carbocycles. The standard InChI is InChI=1S/C20H23N5O3/c1-11(2)28-15-9-7-14(8-10-15)24-12(3)13(4)25-16-17(21-19(24)25)22(5)20(27)23(6)18(16)26/h7-11H,1-6H3. The molecule has 1 aromatic carbocycles. The van der Waals surface area contributed by atoms with E-state index >= 15 is 0 Å². The van der Waals surface area contributed by atoms with Crippen LogP contribution in [0.2, 0.25) is 0 Å². The molecule has 28 heavy (non-hydrogen) atoms. The zero-order valence-electron chi connectivity index (χ0n) is 16.8. The lowest BCUT2D eigenvalue weighted by atomic mass is 10.2. The molecule has 3 heterocycles. The molecule has 8 nitrogen and oxygen atoms in total. The van der Waals surface area contributed by atoms with Crippen molar-refractivity contribution in [3.63, 3.8) is 0 Å².